The minimum absolute atomic E-state index is 0.00334. The Morgan fingerprint density at radius 1 is 1.41 bits per heavy atom. The van der Waals surface area contributed by atoms with Gasteiger partial charge in [-0.15, -0.1) is 0 Å². The molecule has 1 fully saturated rings. The lowest BCUT2D eigenvalue weighted by Crippen LogP contribution is -2.36. The molecule has 2 unspecified atom stereocenters. The zero-order valence-corrected chi connectivity index (χ0v) is 10.4. The number of hydrogen-bond acceptors (Lipinski definition) is 3. The minimum Gasteiger partial charge on any atom is -0.375 e. The number of hydrogen-bond donors (Lipinski definition) is 1. The van der Waals surface area contributed by atoms with Crippen molar-refractivity contribution in [1.82, 2.24) is 5.32 Å². The van der Waals surface area contributed by atoms with E-state index < -0.39 is 11.6 Å². The second-order valence-electron chi connectivity index (χ2n) is 3.92. The summed E-state index contributed by atoms with van der Waals surface area (Å²) in [6.07, 6.45) is 0.00334. The highest BCUT2D eigenvalue weighted by Gasteiger charge is 2.25. The molecule has 5 heteroatoms. The fourth-order valence-electron chi connectivity index (χ4n) is 1.97. The van der Waals surface area contributed by atoms with E-state index in [1.807, 2.05) is 11.8 Å². The fourth-order valence-corrected chi connectivity index (χ4v) is 2.87. The summed E-state index contributed by atoms with van der Waals surface area (Å²) in [5, 5.41) is 3.11. The minimum atomic E-state index is -0.817. The van der Waals surface area contributed by atoms with E-state index in [1.165, 1.54) is 6.07 Å². The molecule has 17 heavy (non-hydrogen) atoms. The number of likely N-dealkylation sites (N-methyl/N-ethyl adjacent to an activating group) is 1. The molecular formula is C12H15F2NOS. The van der Waals surface area contributed by atoms with Crippen molar-refractivity contribution >= 4 is 11.8 Å². The largest absolute Gasteiger partial charge is 0.375 e. The molecule has 2 rings (SSSR count). The molecule has 1 aliphatic heterocycles. The van der Waals surface area contributed by atoms with Crippen molar-refractivity contribution in [2.24, 2.45) is 0 Å². The van der Waals surface area contributed by atoms with Gasteiger partial charge in [0.15, 0.2) is 11.6 Å². The van der Waals surface area contributed by atoms with E-state index in [4.69, 9.17) is 4.74 Å². The zero-order valence-electron chi connectivity index (χ0n) is 9.58. The maximum Gasteiger partial charge on any atom is 0.159 e. The van der Waals surface area contributed by atoms with Gasteiger partial charge in [-0.1, -0.05) is 6.07 Å². The van der Waals surface area contributed by atoms with Gasteiger partial charge in [0.05, 0.1) is 18.8 Å². The van der Waals surface area contributed by atoms with Crippen molar-refractivity contribution in [3.8, 4) is 0 Å². The number of benzene rings is 1. The van der Waals surface area contributed by atoms with Gasteiger partial charge in [0, 0.05) is 11.5 Å². The van der Waals surface area contributed by atoms with Gasteiger partial charge in [-0.2, -0.15) is 11.8 Å². The van der Waals surface area contributed by atoms with Crippen molar-refractivity contribution in [2.75, 3.05) is 25.2 Å². The highest BCUT2D eigenvalue weighted by molar-refractivity contribution is 7.99. The van der Waals surface area contributed by atoms with Gasteiger partial charge < -0.3 is 10.1 Å². The Hall–Kier alpha value is -0.650. The highest BCUT2D eigenvalue weighted by atomic mass is 32.2. The monoisotopic (exact) mass is 259 g/mol. The first-order valence-electron chi connectivity index (χ1n) is 5.54. The van der Waals surface area contributed by atoms with Crippen LogP contribution < -0.4 is 5.32 Å². The number of thioether (sulfide) groups is 1. The summed E-state index contributed by atoms with van der Waals surface area (Å²) >= 11 is 1.82. The maximum atomic E-state index is 13.2. The van der Waals surface area contributed by atoms with Gasteiger partial charge in [-0.3, -0.25) is 0 Å². The van der Waals surface area contributed by atoms with Crippen molar-refractivity contribution in [3.63, 3.8) is 0 Å². The topological polar surface area (TPSA) is 21.3 Å². The van der Waals surface area contributed by atoms with Crippen molar-refractivity contribution in [3.05, 3.63) is 35.4 Å². The first-order chi connectivity index (χ1) is 8.22. The van der Waals surface area contributed by atoms with Crippen LogP contribution >= 0.6 is 11.8 Å². The van der Waals surface area contributed by atoms with Gasteiger partial charge in [-0.25, -0.2) is 8.78 Å². The Balaban J connectivity index is 2.18. The summed E-state index contributed by atoms with van der Waals surface area (Å²) in [5.41, 5.74) is 0.721. The van der Waals surface area contributed by atoms with Crippen LogP contribution in [0.5, 0.6) is 0 Å². The Labute approximate surface area is 104 Å². The molecule has 0 spiro atoms. The lowest BCUT2D eigenvalue weighted by molar-refractivity contribution is 0.0487. The van der Waals surface area contributed by atoms with Gasteiger partial charge in [0.2, 0.25) is 0 Å². The van der Waals surface area contributed by atoms with E-state index in [1.54, 1.807) is 13.1 Å². The predicted octanol–water partition coefficient (Wildman–Crippen LogP) is 2.36. The molecule has 0 bridgehead atoms. The van der Waals surface area contributed by atoms with E-state index in [2.05, 4.69) is 5.32 Å². The summed E-state index contributed by atoms with van der Waals surface area (Å²) in [6, 6.07) is 3.89. The summed E-state index contributed by atoms with van der Waals surface area (Å²) < 4.78 is 31.7. The van der Waals surface area contributed by atoms with E-state index in [-0.39, 0.29) is 12.1 Å². The second kappa shape index (κ2) is 5.80. The van der Waals surface area contributed by atoms with Crippen LogP contribution in [-0.2, 0) is 4.74 Å². The average molecular weight is 259 g/mol. The molecule has 1 saturated heterocycles. The molecule has 1 aromatic carbocycles. The highest BCUT2D eigenvalue weighted by Crippen LogP contribution is 2.26. The zero-order chi connectivity index (χ0) is 12.3. The number of rotatable bonds is 3. The van der Waals surface area contributed by atoms with Gasteiger partial charge in [-0.05, 0) is 24.7 Å². The van der Waals surface area contributed by atoms with Crippen LogP contribution in [0.15, 0.2) is 18.2 Å². The van der Waals surface area contributed by atoms with E-state index in [0.717, 1.165) is 23.1 Å². The summed E-state index contributed by atoms with van der Waals surface area (Å²) in [5.74, 6) is 0.226. The van der Waals surface area contributed by atoms with Crippen LogP contribution in [0.3, 0.4) is 0 Å². The van der Waals surface area contributed by atoms with E-state index in [0.29, 0.717) is 6.61 Å². The Morgan fingerprint density at radius 3 is 2.82 bits per heavy atom. The molecule has 1 aromatic rings. The van der Waals surface area contributed by atoms with Crippen molar-refractivity contribution in [1.29, 1.82) is 0 Å². The summed E-state index contributed by atoms with van der Waals surface area (Å²) in [6.45, 7) is 0.706. The van der Waals surface area contributed by atoms with Crippen LogP contribution in [0.25, 0.3) is 0 Å². The van der Waals surface area contributed by atoms with Crippen LogP contribution in [0.1, 0.15) is 11.6 Å². The molecule has 2 atom stereocenters. The summed E-state index contributed by atoms with van der Waals surface area (Å²) in [4.78, 5) is 0. The molecule has 1 heterocycles. The smallest absolute Gasteiger partial charge is 0.159 e. The molecule has 0 radical (unpaired) electrons. The Morgan fingerprint density at radius 2 is 2.24 bits per heavy atom. The normalized spacial score (nSPS) is 22.4. The lowest BCUT2D eigenvalue weighted by Gasteiger charge is -2.30. The lowest BCUT2D eigenvalue weighted by atomic mass is 10.0. The van der Waals surface area contributed by atoms with E-state index in [9.17, 15) is 8.78 Å². The molecule has 1 N–H and O–H groups in total. The van der Waals surface area contributed by atoms with Crippen LogP contribution in [0.4, 0.5) is 8.78 Å². The molecule has 2 nitrogen and oxygen atoms in total. The van der Waals surface area contributed by atoms with E-state index >= 15 is 0 Å². The van der Waals surface area contributed by atoms with Gasteiger partial charge in [0.1, 0.15) is 0 Å². The van der Waals surface area contributed by atoms with Gasteiger partial charge in [0.25, 0.3) is 0 Å². The quantitative estimate of drug-likeness (QED) is 0.900. The molecule has 0 saturated carbocycles. The number of ether oxygens (including phenoxy) is 1. The molecule has 1 aliphatic rings. The summed E-state index contributed by atoms with van der Waals surface area (Å²) in [7, 11) is 1.80. The Bertz CT molecular complexity index is 383. The molecule has 0 aliphatic carbocycles. The predicted molar refractivity (Wildman–Crippen MR) is 65.2 cm³/mol. The third-order valence-corrected chi connectivity index (χ3v) is 3.85. The standard InChI is InChI=1S/C12H15F2NOS/c1-15-12(11-7-17-5-4-16-11)8-2-3-9(13)10(14)6-8/h2-3,6,11-12,15H,4-5,7H2,1H3. The first kappa shape index (κ1) is 12.8. The SMILES string of the molecule is CNC(c1ccc(F)c(F)c1)C1CSCCO1. The molecule has 94 valence electrons. The van der Waals surface area contributed by atoms with Crippen molar-refractivity contribution in [2.45, 2.75) is 12.1 Å². The first-order valence-corrected chi connectivity index (χ1v) is 6.69. The number of nitrogens with one attached hydrogen (secondary N) is 1. The second-order valence-corrected chi connectivity index (χ2v) is 5.07. The molecular weight excluding hydrogens is 244 g/mol. The average Bonchev–Trinajstić information content (AvgIpc) is 2.36. The van der Waals surface area contributed by atoms with Crippen molar-refractivity contribution < 1.29 is 13.5 Å². The van der Waals surface area contributed by atoms with Crippen LogP contribution in [-0.4, -0.2) is 31.3 Å². The molecule has 0 amide bonds. The Kier molecular flexibility index (Phi) is 4.36. The molecule has 0 aromatic heterocycles. The maximum absolute atomic E-state index is 13.2. The van der Waals surface area contributed by atoms with Crippen LogP contribution in [0, 0.1) is 11.6 Å². The fraction of sp³-hybridized carbons (Fsp3) is 0.500. The number of halogens is 2. The van der Waals surface area contributed by atoms with Gasteiger partial charge >= 0.3 is 0 Å². The van der Waals surface area contributed by atoms with Crippen LogP contribution in [0.2, 0.25) is 0 Å². The third-order valence-electron chi connectivity index (χ3n) is 2.83. The third kappa shape index (κ3) is 2.97.